The van der Waals surface area contributed by atoms with Crippen molar-refractivity contribution in [3.8, 4) is 0 Å². The van der Waals surface area contributed by atoms with E-state index in [0.29, 0.717) is 16.9 Å². The SMILES string of the molecule is NC(=O)[C@H]1CCC[C@H]1Nc1nc(Cl)nc2ccoc12. The number of nitrogens with zero attached hydrogens (tertiary/aromatic N) is 2. The van der Waals surface area contributed by atoms with Crippen LogP contribution in [0.15, 0.2) is 16.7 Å². The highest BCUT2D eigenvalue weighted by atomic mass is 35.5. The first-order valence-electron chi connectivity index (χ1n) is 6.12. The van der Waals surface area contributed by atoms with E-state index in [0.717, 1.165) is 19.3 Å². The second kappa shape index (κ2) is 4.70. The van der Waals surface area contributed by atoms with Crippen molar-refractivity contribution >= 4 is 34.4 Å². The van der Waals surface area contributed by atoms with Crippen LogP contribution in [-0.4, -0.2) is 21.9 Å². The summed E-state index contributed by atoms with van der Waals surface area (Å²) in [7, 11) is 0. The number of nitrogens with two attached hydrogens (primary N) is 1. The Kier molecular flexibility index (Phi) is 3.02. The van der Waals surface area contributed by atoms with Crippen LogP contribution >= 0.6 is 11.6 Å². The molecule has 0 bridgehead atoms. The van der Waals surface area contributed by atoms with Crippen molar-refractivity contribution in [3.05, 3.63) is 17.6 Å². The average molecular weight is 281 g/mol. The van der Waals surface area contributed by atoms with E-state index in [9.17, 15) is 4.79 Å². The van der Waals surface area contributed by atoms with Gasteiger partial charge in [-0.25, -0.2) is 4.98 Å². The van der Waals surface area contributed by atoms with E-state index in [-0.39, 0.29) is 23.2 Å². The predicted octanol–water partition coefficient (Wildman–Crippen LogP) is 1.94. The molecule has 1 aliphatic carbocycles. The number of carbonyl (C=O) groups is 1. The normalized spacial score (nSPS) is 22.8. The highest BCUT2D eigenvalue weighted by molar-refractivity contribution is 6.28. The Balaban J connectivity index is 1.92. The molecule has 0 aromatic carbocycles. The molecule has 19 heavy (non-hydrogen) atoms. The lowest BCUT2D eigenvalue weighted by Gasteiger charge is -2.18. The lowest BCUT2D eigenvalue weighted by Crippen LogP contribution is -2.34. The molecule has 2 aromatic rings. The summed E-state index contributed by atoms with van der Waals surface area (Å²) in [5, 5.41) is 3.36. The Bertz CT molecular complexity index is 627. The van der Waals surface area contributed by atoms with Gasteiger partial charge in [0, 0.05) is 12.1 Å². The first-order chi connectivity index (χ1) is 9.15. The third-order valence-corrected chi connectivity index (χ3v) is 3.65. The molecular formula is C12H13ClN4O2. The van der Waals surface area contributed by atoms with E-state index < -0.39 is 0 Å². The maximum Gasteiger partial charge on any atom is 0.225 e. The lowest BCUT2D eigenvalue weighted by atomic mass is 10.0. The standard InChI is InChI=1S/C12H13ClN4O2/c13-12-16-8-4-5-19-9(8)11(17-12)15-7-3-1-2-6(7)10(14)18/h4-7H,1-3H2,(H2,14,18)(H,15,16,17)/t6-,7+/m0/s1. The number of nitrogens with one attached hydrogen (secondary N) is 1. The van der Waals surface area contributed by atoms with E-state index in [1.165, 1.54) is 6.26 Å². The summed E-state index contributed by atoms with van der Waals surface area (Å²) in [6, 6.07) is 1.69. The number of fused-ring (bicyclic) bond motifs is 1. The van der Waals surface area contributed by atoms with Crippen LogP contribution in [0.2, 0.25) is 5.28 Å². The van der Waals surface area contributed by atoms with Gasteiger partial charge in [0.2, 0.25) is 11.2 Å². The molecule has 6 nitrogen and oxygen atoms in total. The van der Waals surface area contributed by atoms with Crippen LogP contribution in [0, 0.1) is 5.92 Å². The number of amides is 1. The second-order valence-electron chi connectivity index (χ2n) is 4.67. The molecule has 0 radical (unpaired) electrons. The molecule has 3 rings (SSSR count). The number of halogens is 1. The molecule has 7 heteroatoms. The quantitative estimate of drug-likeness (QED) is 0.838. The highest BCUT2D eigenvalue weighted by Gasteiger charge is 2.32. The van der Waals surface area contributed by atoms with E-state index in [1.807, 2.05) is 0 Å². The summed E-state index contributed by atoms with van der Waals surface area (Å²) in [5.41, 5.74) is 6.58. The molecule has 2 aromatic heterocycles. The first-order valence-corrected chi connectivity index (χ1v) is 6.49. The van der Waals surface area contributed by atoms with E-state index >= 15 is 0 Å². The van der Waals surface area contributed by atoms with Gasteiger partial charge in [-0.2, -0.15) is 4.98 Å². The van der Waals surface area contributed by atoms with Crippen LogP contribution in [0.4, 0.5) is 5.82 Å². The van der Waals surface area contributed by atoms with Gasteiger partial charge in [0.15, 0.2) is 11.4 Å². The Morgan fingerprint density at radius 3 is 3.11 bits per heavy atom. The van der Waals surface area contributed by atoms with Gasteiger partial charge in [-0.1, -0.05) is 6.42 Å². The maximum absolute atomic E-state index is 11.4. The topological polar surface area (TPSA) is 94.0 Å². The lowest BCUT2D eigenvalue weighted by molar-refractivity contribution is -0.121. The number of primary amides is 1. The monoisotopic (exact) mass is 280 g/mol. The summed E-state index contributed by atoms with van der Waals surface area (Å²) in [6.45, 7) is 0. The van der Waals surface area contributed by atoms with Crippen molar-refractivity contribution in [2.24, 2.45) is 11.7 Å². The molecule has 3 N–H and O–H groups in total. The molecule has 1 aliphatic rings. The van der Waals surface area contributed by atoms with Gasteiger partial charge in [0.1, 0.15) is 5.52 Å². The number of rotatable bonds is 3. The predicted molar refractivity (Wildman–Crippen MR) is 70.8 cm³/mol. The van der Waals surface area contributed by atoms with E-state index in [1.54, 1.807) is 6.07 Å². The molecular weight excluding hydrogens is 268 g/mol. The minimum absolute atomic E-state index is 0.0308. The van der Waals surface area contributed by atoms with Crippen molar-refractivity contribution in [2.45, 2.75) is 25.3 Å². The summed E-state index contributed by atoms with van der Waals surface area (Å²) in [5.74, 6) is 0.0442. The van der Waals surface area contributed by atoms with Crippen LogP contribution in [0.3, 0.4) is 0 Å². The van der Waals surface area contributed by atoms with Crippen molar-refractivity contribution < 1.29 is 9.21 Å². The van der Waals surface area contributed by atoms with Crippen LogP contribution in [-0.2, 0) is 4.79 Å². The van der Waals surface area contributed by atoms with Crippen molar-refractivity contribution in [3.63, 3.8) is 0 Å². The average Bonchev–Trinajstić information content (AvgIpc) is 2.96. The van der Waals surface area contributed by atoms with Crippen LogP contribution < -0.4 is 11.1 Å². The van der Waals surface area contributed by atoms with Gasteiger partial charge in [0.25, 0.3) is 0 Å². The van der Waals surface area contributed by atoms with Gasteiger partial charge in [-0.15, -0.1) is 0 Å². The number of anilines is 1. The van der Waals surface area contributed by atoms with Crippen LogP contribution in [0.1, 0.15) is 19.3 Å². The Labute approximate surface area is 114 Å². The maximum atomic E-state index is 11.4. The van der Waals surface area contributed by atoms with Crippen LogP contribution in [0.25, 0.3) is 11.1 Å². The number of hydrogen-bond acceptors (Lipinski definition) is 5. The number of aromatic nitrogens is 2. The fraction of sp³-hybridized carbons (Fsp3) is 0.417. The smallest absolute Gasteiger partial charge is 0.225 e. The van der Waals surface area contributed by atoms with Crippen LogP contribution in [0.5, 0.6) is 0 Å². The summed E-state index contributed by atoms with van der Waals surface area (Å²) >= 11 is 5.87. The summed E-state index contributed by atoms with van der Waals surface area (Å²) in [6.07, 6.45) is 4.16. The van der Waals surface area contributed by atoms with Gasteiger partial charge >= 0.3 is 0 Å². The number of carbonyl (C=O) groups excluding carboxylic acids is 1. The Morgan fingerprint density at radius 2 is 2.32 bits per heavy atom. The molecule has 1 amide bonds. The zero-order valence-corrected chi connectivity index (χ0v) is 10.9. The molecule has 1 fully saturated rings. The zero-order valence-electron chi connectivity index (χ0n) is 10.1. The third kappa shape index (κ3) is 2.23. The Morgan fingerprint density at radius 1 is 1.47 bits per heavy atom. The first kappa shape index (κ1) is 12.2. The Hall–Kier alpha value is -1.82. The molecule has 0 spiro atoms. The molecule has 2 heterocycles. The largest absolute Gasteiger partial charge is 0.459 e. The zero-order chi connectivity index (χ0) is 13.4. The van der Waals surface area contributed by atoms with Crippen molar-refractivity contribution in [1.82, 2.24) is 9.97 Å². The second-order valence-corrected chi connectivity index (χ2v) is 5.00. The molecule has 100 valence electrons. The van der Waals surface area contributed by atoms with Gasteiger partial charge in [-0.3, -0.25) is 4.79 Å². The minimum Gasteiger partial charge on any atom is -0.459 e. The number of hydrogen-bond donors (Lipinski definition) is 2. The highest BCUT2D eigenvalue weighted by Crippen LogP contribution is 2.30. The molecule has 0 aliphatic heterocycles. The fourth-order valence-electron chi connectivity index (χ4n) is 2.58. The minimum atomic E-state index is -0.286. The van der Waals surface area contributed by atoms with Crippen molar-refractivity contribution in [1.29, 1.82) is 0 Å². The molecule has 0 saturated heterocycles. The van der Waals surface area contributed by atoms with Gasteiger partial charge in [-0.05, 0) is 24.4 Å². The molecule has 0 unspecified atom stereocenters. The summed E-state index contributed by atoms with van der Waals surface area (Å²) in [4.78, 5) is 19.6. The van der Waals surface area contributed by atoms with E-state index in [2.05, 4.69) is 15.3 Å². The summed E-state index contributed by atoms with van der Waals surface area (Å²) < 4.78 is 5.35. The van der Waals surface area contributed by atoms with Crippen molar-refractivity contribution in [2.75, 3.05) is 5.32 Å². The van der Waals surface area contributed by atoms with Gasteiger partial charge < -0.3 is 15.5 Å². The van der Waals surface area contributed by atoms with Gasteiger partial charge in [0.05, 0.1) is 12.2 Å². The molecule has 1 saturated carbocycles. The molecule has 2 atom stereocenters. The number of furan rings is 1. The van der Waals surface area contributed by atoms with E-state index in [4.69, 9.17) is 21.8 Å². The fourth-order valence-corrected chi connectivity index (χ4v) is 2.76. The third-order valence-electron chi connectivity index (χ3n) is 3.48.